The van der Waals surface area contributed by atoms with Crippen molar-refractivity contribution in [3.05, 3.63) is 130 Å². The number of para-hydroxylation sites is 1. The van der Waals surface area contributed by atoms with E-state index in [4.69, 9.17) is 14.8 Å². The summed E-state index contributed by atoms with van der Waals surface area (Å²) >= 11 is 1.43. The molecule has 0 saturated carbocycles. The van der Waals surface area contributed by atoms with Crippen molar-refractivity contribution in [2.24, 2.45) is 13.0 Å². The second kappa shape index (κ2) is 19.3. The number of amides is 3. The Kier molecular flexibility index (Phi) is 12.7. The third kappa shape index (κ3) is 9.32. The van der Waals surface area contributed by atoms with Crippen LogP contribution in [0.25, 0.3) is 32.2 Å². The van der Waals surface area contributed by atoms with Crippen molar-refractivity contribution in [2.75, 3.05) is 43.0 Å². The third-order valence-electron chi connectivity index (χ3n) is 14.0. The van der Waals surface area contributed by atoms with Crippen molar-refractivity contribution in [1.82, 2.24) is 30.0 Å². The number of aromatic nitrogens is 4. The number of carboxylic acids is 1. The zero-order valence-corrected chi connectivity index (χ0v) is 39.1. The number of carbonyl (C=O) groups excluding carboxylic acids is 3. The number of hydrogen-bond acceptors (Lipinski definition) is 11. The number of hydrogen-bond donors (Lipinski definition) is 3. The van der Waals surface area contributed by atoms with E-state index in [9.17, 15) is 24.3 Å². The Morgan fingerprint density at radius 2 is 1.75 bits per heavy atom. The van der Waals surface area contributed by atoms with Crippen LogP contribution in [0, 0.1) is 12.8 Å². The zero-order valence-electron chi connectivity index (χ0n) is 38.3. The van der Waals surface area contributed by atoms with E-state index >= 15 is 0 Å². The van der Waals surface area contributed by atoms with Gasteiger partial charge in [0, 0.05) is 49.6 Å². The lowest BCUT2D eigenvalue weighted by molar-refractivity contribution is -0.134. The number of carboxylic acid groups (broad SMARTS) is 1. The van der Waals surface area contributed by atoms with E-state index in [1.807, 2.05) is 96.3 Å². The number of likely N-dealkylation sites (tertiary alicyclic amines) is 1. The minimum atomic E-state index is -1.11. The second-order valence-electron chi connectivity index (χ2n) is 18.2. The molecule has 1 atom stereocenters. The van der Waals surface area contributed by atoms with Crippen LogP contribution >= 0.6 is 11.3 Å². The van der Waals surface area contributed by atoms with Crippen LogP contribution < -0.4 is 20.3 Å². The van der Waals surface area contributed by atoms with Gasteiger partial charge in [0.25, 0.3) is 5.91 Å². The van der Waals surface area contributed by atoms with Gasteiger partial charge < -0.3 is 19.6 Å². The summed E-state index contributed by atoms with van der Waals surface area (Å²) in [7, 11) is 1.91. The number of nitrogens with one attached hydrogen (secondary N) is 2. The van der Waals surface area contributed by atoms with Gasteiger partial charge in [-0.15, -0.1) is 0 Å². The van der Waals surface area contributed by atoms with Crippen molar-refractivity contribution in [2.45, 2.75) is 70.8 Å². The van der Waals surface area contributed by atoms with Gasteiger partial charge in [-0.25, -0.2) is 14.8 Å². The summed E-state index contributed by atoms with van der Waals surface area (Å²) in [6.07, 6.45) is 6.75. The first kappa shape index (κ1) is 44.8. The summed E-state index contributed by atoms with van der Waals surface area (Å²) < 4.78 is 9.20. The number of pyridine rings is 1. The number of ether oxygens (including phenoxy) is 1. The highest BCUT2D eigenvalue weighted by Gasteiger charge is 2.32. The lowest BCUT2D eigenvalue weighted by Crippen LogP contribution is -2.39. The van der Waals surface area contributed by atoms with Gasteiger partial charge >= 0.3 is 5.97 Å². The van der Waals surface area contributed by atoms with Crippen molar-refractivity contribution < 1.29 is 29.0 Å². The maximum Gasteiger partial charge on any atom is 0.355 e. The normalized spacial score (nSPS) is 16.8. The van der Waals surface area contributed by atoms with Gasteiger partial charge in [0.2, 0.25) is 11.8 Å². The monoisotopic (exact) mass is 930 g/mol. The molecule has 15 heteroatoms. The Morgan fingerprint density at radius 1 is 0.912 bits per heavy atom. The largest absolute Gasteiger partial charge is 0.493 e. The van der Waals surface area contributed by atoms with E-state index in [0.29, 0.717) is 67.0 Å². The fourth-order valence-electron chi connectivity index (χ4n) is 10.2. The number of aromatic carboxylic acids is 1. The van der Waals surface area contributed by atoms with Crippen LogP contribution in [0.4, 0.5) is 10.9 Å². The van der Waals surface area contributed by atoms with E-state index < -0.39 is 11.9 Å². The molecule has 3 aliphatic rings. The van der Waals surface area contributed by atoms with Crippen molar-refractivity contribution >= 4 is 67.1 Å². The first-order valence-electron chi connectivity index (χ1n) is 23.6. The van der Waals surface area contributed by atoms with E-state index in [0.717, 1.165) is 107 Å². The fourth-order valence-corrected chi connectivity index (χ4v) is 11.0. The molecule has 6 heterocycles. The summed E-state index contributed by atoms with van der Waals surface area (Å²) in [5.41, 5.74) is 8.49. The van der Waals surface area contributed by atoms with Crippen LogP contribution in [0.5, 0.6) is 5.75 Å². The molecule has 14 nitrogen and oxygen atoms in total. The number of carbonyl (C=O) groups is 4. The van der Waals surface area contributed by atoms with E-state index in [1.165, 1.54) is 16.9 Å². The topological polar surface area (TPSA) is 172 Å². The van der Waals surface area contributed by atoms with Gasteiger partial charge in [-0.3, -0.25) is 29.7 Å². The number of rotatable bonds is 14. The Morgan fingerprint density at radius 3 is 2.57 bits per heavy atom. The molecular formula is C53H54N8O6S. The van der Waals surface area contributed by atoms with Crippen LogP contribution in [0.2, 0.25) is 0 Å². The maximum absolute atomic E-state index is 13.6. The summed E-state index contributed by atoms with van der Waals surface area (Å²) in [5, 5.41) is 22.1. The van der Waals surface area contributed by atoms with Crippen LogP contribution in [-0.2, 0) is 36.0 Å². The van der Waals surface area contributed by atoms with Gasteiger partial charge in [-0.2, -0.15) is 5.10 Å². The number of imide groups is 1. The number of thiazole rings is 1. The van der Waals surface area contributed by atoms with Gasteiger partial charge in [0.05, 0.1) is 34.0 Å². The molecule has 0 bridgehead atoms. The van der Waals surface area contributed by atoms with Crippen molar-refractivity contribution in [1.29, 1.82) is 0 Å². The second-order valence-corrected chi connectivity index (χ2v) is 19.3. The molecule has 68 heavy (non-hydrogen) atoms. The number of anilines is 2. The molecule has 2 saturated heterocycles. The fraction of sp³-hybridized carbons (Fsp3) is 0.340. The van der Waals surface area contributed by atoms with E-state index in [2.05, 4.69) is 38.7 Å². The average molecular weight is 931 g/mol. The molecule has 3 N–H and O–H groups in total. The van der Waals surface area contributed by atoms with Gasteiger partial charge in [0.15, 0.2) is 10.8 Å². The zero-order chi connectivity index (χ0) is 46.9. The first-order valence-corrected chi connectivity index (χ1v) is 24.4. The summed E-state index contributed by atoms with van der Waals surface area (Å²) in [6, 6.07) is 29.4. The number of benzene rings is 4. The Hall–Kier alpha value is -6.97. The molecule has 10 rings (SSSR count). The standard InChI is InChI=1S/C53H54N8O6S/c1-32-36(37-17-19-46(55-49(37)52(65)66)61-28-24-35-9-5-11-38(41(35)31-61)50(63)57-53-54-42-12-3-4-14-45(42)68-53)10-6-13-44(32)67-29-7-8-33-21-25-60(26-22-33)27-23-34-15-16-39-43(30-34)59(2)58-48(39)40-18-20-47(62)56-51(40)64/h3-6,9-17,19,30,33,40H,7-8,18,20-29,31H2,1-2H3,(H,65,66)(H,54,57,63)(H,56,62,64). The van der Waals surface area contributed by atoms with Crippen LogP contribution in [0.1, 0.15) is 93.2 Å². The lowest BCUT2D eigenvalue weighted by Gasteiger charge is -2.32. The molecule has 3 aliphatic heterocycles. The minimum absolute atomic E-state index is 0.0307. The highest BCUT2D eigenvalue weighted by atomic mass is 32.1. The molecule has 2 fully saturated rings. The molecule has 0 aliphatic carbocycles. The maximum atomic E-state index is 13.6. The van der Waals surface area contributed by atoms with E-state index in [-0.39, 0.29) is 23.4 Å². The molecule has 0 radical (unpaired) electrons. The predicted octanol–water partition coefficient (Wildman–Crippen LogP) is 8.70. The number of nitrogens with zero attached hydrogens (tertiary/aromatic N) is 6. The quantitative estimate of drug-likeness (QED) is 0.0704. The van der Waals surface area contributed by atoms with Gasteiger partial charge in [-0.05, 0) is 141 Å². The summed E-state index contributed by atoms with van der Waals surface area (Å²) in [4.78, 5) is 64.6. The minimum Gasteiger partial charge on any atom is -0.493 e. The molecule has 3 aromatic heterocycles. The van der Waals surface area contributed by atoms with Crippen molar-refractivity contribution in [3.63, 3.8) is 0 Å². The van der Waals surface area contributed by atoms with E-state index in [1.54, 1.807) is 0 Å². The Bertz CT molecular complexity index is 3050. The smallest absolute Gasteiger partial charge is 0.355 e. The Balaban J connectivity index is 0.718. The predicted molar refractivity (Wildman–Crippen MR) is 264 cm³/mol. The van der Waals surface area contributed by atoms with Gasteiger partial charge in [0.1, 0.15) is 11.6 Å². The van der Waals surface area contributed by atoms with Gasteiger partial charge in [-0.1, -0.05) is 59.9 Å². The average Bonchev–Trinajstić information content (AvgIpc) is 3.91. The summed E-state index contributed by atoms with van der Waals surface area (Å²) in [6.45, 7) is 6.70. The van der Waals surface area contributed by atoms with Crippen LogP contribution in [-0.4, -0.2) is 86.2 Å². The SMILES string of the molecule is Cc1c(OCCCC2CCN(CCc3ccc4c(C5CCC(=O)NC5=O)nn(C)c4c3)CC2)cccc1-c1ccc(N2CCc3cccc(C(=O)Nc4nc5ccccc5s4)c3C2)nc1C(=O)O. The molecule has 4 aromatic carbocycles. The van der Waals surface area contributed by atoms with Crippen LogP contribution in [0.3, 0.4) is 0 Å². The molecule has 0 spiro atoms. The highest BCUT2D eigenvalue weighted by Crippen LogP contribution is 2.36. The number of fused-ring (bicyclic) bond motifs is 3. The molecule has 348 valence electrons. The molecular weight excluding hydrogens is 877 g/mol. The molecule has 1 unspecified atom stereocenters. The highest BCUT2D eigenvalue weighted by molar-refractivity contribution is 7.22. The van der Waals surface area contributed by atoms with Crippen LogP contribution in [0.15, 0.2) is 91.0 Å². The summed E-state index contributed by atoms with van der Waals surface area (Å²) in [5.74, 6) is -0.314. The molecule has 7 aromatic rings. The lowest BCUT2D eigenvalue weighted by atomic mass is 9.92. The molecule has 3 amide bonds. The van der Waals surface area contributed by atoms with Crippen molar-refractivity contribution in [3.8, 4) is 16.9 Å². The Labute approximate surface area is 398 Å². The third-order valence-corrected chi connectivity index (χ3v) is 14.9. The number of piperidine rings is 2. The first-order chi connectivity index (χ1) is 33.1. The number of aryl methyl sites for hydroxylation is 1.